The van der Waals surface area contributed by atoms with E-state index in [4.69, 9.17) is 0 Å². The van der Waals surface area contributed by atoms with Crippen molar-refractivity contribution in [3.8, 4) is 0 Å². The number of para-hydroxylation sites is 3. The molecular weight excluding hydrogens is 386 g/mol. The number of nitrogens with one attached hydrogen (secondary N) is 3. The van der Waals surface area contributed by atoms with Crippen LogP contribution in [0.4, 0.5) is 17.3 Å². The number of imidazole rings is 1. The summed E-state index contributed by atoms with van der Waals surface area (Å²) in [4.78, 5) is 43.1. The van der Waals surface area contributed by atoms with Gasteiger partial charge in [0.05, 0.1) is 16.0 Å². The summed E-state index contributed by atoms with van der Waals surface area (Å²) in [7, 11) is 0. The minimum atomic E-state index is -0.655. The van der Waals surface area contributed by atoms with Crippen molar-refractivity contribution < 1.29 is 14.5 Å². The molecule has 0 aliphatic carbocycles. The molecule has 0 aliphatic heterocycles. The van der Waals surface area contributed by atoms with Crippen molar-refractivity contribution in [3.05, 3.63) is 94.0 Å². The molecule has 9 nitrogen and oxygen atoms in total. The summed E-state index contributed by atoms with van der Waals surface area (Å²) in [6.07, 6.45) is 0. The van der Waals surface area contributed by atoms with E-state index in [0.717, 1.165) is 17.6 Å². The lowest BCUT2D eigenvalue weighted by atomic mass is 10.1. The Bertz CT molecular complexity index is 1230. The summed E-state index contributed by atoms with van der Waals surface area (Å²) in [6.45, 7) is 0. The Hall–Kier alpha value is -4.53. The molecule has 0 saturated carbocycles. The van der Waals surface area contributed by atoms with Gasteiger partial charge in [-0.1, -0.05) is 30.3 Å². The number of hydrogen-bond acceptors (Lipinski definition) is 5. The quantitative estimate of drug-likeness (QED) is 0.344. The number of amides is 2. The van der Waals surface area contributed by atoms with Gasteiger partial charge in [-0.3, -0.25) is 25.0 Å². The van der Waals surface area contributed by atoms with Gasteiger partial charge in [-0.05, 0) is 30.3 Å². The maximum Gasteiger partial charge on any atom is 0.271 e. The second-order valence-corrected chi connectivity index (χ2v) is 6.40. The Morgan fingerprint density at radius 1 is 0.867 bits per heavy atom. The first-order valence-corrected chi connectivity index (χ1v) is 8.91. The first kappa shape index (κ1) is 18.8. The van der Waals surface area contributed by atoms with Crippen LogP contribution in [-0.2, 0) is 0 Å². The van der Waals surface area contributed by atoms with Crippen LogP contribution in [0.25, 0.3) is 11.0 Å². The third-order valence-corrected chi connectivity index (χ3v) is 4.31. The average Bonchev–Trinajstić information content (AvgIpc) is 3.16. The molecule has 0 atom stereocenters. The van der Waals surface area contributed by atoms with Crippen molar-refractivity contribution in [1.29, 1.82) is 0 Å². The Morgan fingerprint density at radius 3 is 2.17 bits per heavy atom. The maximum atomic E-state index is 12.7. The highest BCUT2D eigenvalue weighted by Gasteiger charge is 2.19. The molecule has 3 aromatic carbocycles. The number of H-pyrrole nitrogens is 1. The van der Waals surface area contributed by atoms with E-state index < -0.39 is 16.7 Å². The Kier molecular flexibility index (Phi) is 4.92. The van der Waals surface area contributed by atoms with E-state index in [0.29, 0.717) is 11.2 Å². The number of nitrogens with zero attached hydrogens (tertiary/aromatic N) is 2. The molecule has 30 heavy (non-hydrogen) atoms. The fourth-order valence-corrected chi connectivity index (χ4v) is 2.90. The van der Waals surface area contributed by atoms with E-state index in [2.05, 4.69) is 20.6 Å². The van der Waals surface area contributed by atoms with Crippen LogP contribution in [0.3, 0.4) is 0 Å². The molecule has 4 rings (SSSR count). The lowest BCUT2D eigenvalue weighted by Crippen LogP contribution is -2.16. The molecule has 0 aliphatic rings. The summed E-state index contributed by atoms with van der Waals surface area (Å²) >= 11 is 0. The molecule has 0 saturated heterocycles. The van der Waals surface area contributed by atoms with Gasteiger partial charge >= 0.3 is 0 Å². The SMILES string of the molecule is O=C(Nc1ccccc1)c1cc(C(=O)Nc2nc3ccccc3[nH]2)cc([N+](=O)[O-])c1. The number of carbonyl (C=O) groups is 2. The van der Waals surface area contributed by atoms with Crippen LogP contribution in [-0.4, -0.2) is 26.7 Å². The van der Waals surface area contributed by atoms with Gasteiger partial charge in [-0.15, -0.1) is 0 Å². The topological polar surface area (TPSA) is 130 Å². The Labute approximate surface area is 169 Å². The number of fused-ring (bicyclic) bond motifs is 1. The van der Waals surface area contributed by atoms with Crippen LogP contribution in [0.15, 0.2) is 72.8 Å². The number of nitro groups is 1. The van der Waals surface area contributed by atoms with Gasteiger partial charge < -0.3 is 10.3 Å². The monoisotopic (exact) mass is 401 g/mol. The molecule has 3 N–H and O–H groups in total. The standard InChI is InChI=1S/C21H15N5O4/c27-19(22-15-6-2-1-3-7-15)13-10-14(12-16(11-13)26(29)30)20(28)25-21-23-17-8-4-5-9-18(17)24-21/h1-12H,(H,22,27)(H2,23,24,25,28). The largest absolute Gasteiger partial charge is 0.324 e. The number of non-ortho nitro benzene ring substituents is 1. The number of anilines is 2. The fourth-order valence-electron chi connectivity index (χ4n) is 2.90. The first-order valence-electron chi connectivity index (χ1n) is 8.91. The van der Waals surface area contributed by atoms with Crippen molar-refractivity contribution in [2.75, 3.05) is 10.6 Å². The minimum absolute atomic E-state index is 0.0113. The Balaban J connectivity index is 1.62. The van der Waals surface area contributed by atoms with Crippen molar-refractivity contribution in [2.24, 2.45) is 0 Å². The lowest BCUT2D eigenvalue weighted by Gasteiger charge is -2.07. The highest BCUT2D eigenvalue weighted by atomic mass is 16.6. The van der Waals surface area contributed by atoms with Gasteiger partial charge in [0.2, 0.25) is 5.95 Å². The van der Waals surface area contributed by atoms with Gasteiger partial charge in [0.25, 0.3) is 17.5 Å². The second-order valence-electron chi connectivity index (χ2n) is 6.40. The number of benzene rings is 3. The number of carbonyl (C=O) groups excluding carboxylic acids is 2. The van der Waals surface area contributed by atoms with E-state index in [1.807, 2.05) is 12.1 Å². The van der Waals surface area contributed by atoms with Crippen LogP contribution in [0.1, 0.15) is 20.7 Å². The molecule has 2 amide bonds. The minimum Gasteiger partial charge on any atom is -0.324 e. The van der Waals surface area contributed by atoms with Crippen LogP contribution < -0.4 is 10.6 Å². The number of aromatic nitrogens is 2. The summed E-state index contributed by atoms with van der Waals surface area (Å²) in [5.74, 6) is -1.00. The smallest absolute Gasteiger partial charge is 0.271 e. The van der Waals surface area contributed by atoms with Crippen molar-refractivity contribution in [2.45, 2.75) is 0 Å². The summed E-state index contributed by atoms with van der Waals surface area (Å²) < 4.78 is 0. The predicted octanol–water partition coefficient (Wildman–Crippen LogP) is 3.98. The van der Waals surface area contributed by atoms with Crippen molar-refractivity contribution in [1.82, 2.24) is 9.97 Å². The van der Waals surface area contributed by atoms with E-state index in [9.17, 15) is 19.7 Å². The highest BCUT2D eigenvalue weighted by Crippen LogP contribution is 2.20. The molecule has 0 fully saturated rings. The zero-order valence-electron chi connectivity index (χ0n) is 15.5. The zero-order valence-corrected chi connectivity index (χ0v) is 15.5. The van der Waals surface area contributed by atoms with E-state index in [1.54, 1.807) is 42.5 Å². The molecule has 9 heteroatoms. The molecule has 1 aromatic heterocycles. The summed E-state index contributed by atoms with van der Waals surface area (Å²) in [6, 6.07) is 19.4. The van der Waals surface area contributed by atoms with Gasteiger partial charge in [0, 0.05) is 28.9 Å². The molecule has 0 unspecified atom stereocenters. The molecule has 148 valence electrons. The average molecular weight is 401 g/mol. The van der Waals surface area contributed by atoms with Crippen molar-refractivity contribution in [3.63, 3.8) is 0 Å². The second kappa shape index (κ2) is 7.84. The van der Waals surface area contributed by atoms with Crippen LogP contribution >= 0.6 is 0 Å². The van der Waals surface area contributed by atoms with E-state index in [-0.39, 0.29) is 22.8 Å². The molecule has 1 heterocycles. The highest BCUT2D eigenvalue weighted by molar-refractivity contribution is 6.09. The third-order valence-electron chi connectivity index (χ3n) is 4.31. The van der Waals surface area contributed by atoms with Gasteiger partial charge in [0.15, 0.2) is 0 Å². The lowest BCUT2D eigenvalue weighted by molar-refractivity contribution is -0.384. The number of rotatable bonds is 5. The van der Waals surface area contributed by atoms with Crippen LogP contribution in [0.2, 0.25) is 0 Å². The molecule has 0 bridgehead atoms. The normalized spacial score (nSPS) is 10.5. The van der Waals surface area contributed by atoms with Gasteiger partial charge in [-0.25, -0.2) is 4.98 Å². The van der Waals surface area contributed by atoms with Gasteiger partial charge in [0.1, 0.15) is 0 Å². The van der Waals surface area contributed by atoms with E-state index >= 15 is 0 Å². The predicted molar refractivity (Wildman–Crippen MR) is 112 cm³/mol. The Morgan fingerprint density at radius 2 is 1.50 bits per heavy atom. The fraction of sp³-hybridized carbons (Fsp3) is 0. The summed E-state index contributed by atoms with van der Waals surface area (Å²) in [5.41, 5.74) is 1.50. The summed E-state index contributed by atoms with van der Waals surface area (Å²) in [5, 5.41) is 16.5. The first-order chi connectivity index (χ1) is 14.5. The number of hydrogen-bond donors (Lipinski definition) is 3. The molecule has 4 aromatic rings. The molecular formula is C21H15N5O4. The number of nitro benzene ring substituents is 1. The van der Waals surface area contributed by atoms with Gasteiger partial charge in [-0.2, -0.15) is 0 Å². The third kappa shape index (κ3) is 3.99. The van der Waals surface area contributed by atoms with Crippen molar-refractivity contribution >= 4 is 40.2 Å². The van der Waals surface area contributed by atoms with Crippen LogP contribution in [0.5, 0.6) is 0 Å². The molecule has 0 spiro atoms. The maximum absolute atomic E-state index is 12.7. The zero-order chi connectivity index (χ0) is 21.1. The number of aromatic amines is 1. The molecule has 0 radical (unpaired) electrons. The van der Waals surface area contributed by atoms with E-state index in [1.165, 1.54) is 6.07 Å². The van der Waals surface area contributed by atoms with Crippen LogP contribution in [0, 0.1) is 10.1 Å².